The second-order valence-corrected chi connectivity index (χ2v) is 5.13. The van der Waals surface area contributed by atoms with Crippen molar-refractivity contribution in [2.45, 2.75) is 13.0 Å². The first-order valence-electron chi connectivity index (χ1n) is 6.44. The van der Waals surface area contributed by atoms with Crippen LogP contribution < -0.4 is 0 Å². The van der Waals surface area contributed by atoms with Gasteiger partial charge >= 0.3 is 5.97 Å². The van der Waals surface area contributed by atoms with Gasteiger partial charge in [0.1, 0.15) is 5.52 Å². The molecule has 1 heterocycles. The molecule has 0 amide bonds. The van der Waals surface area contributed by atoms with E-state index in [-0.39, 0.29) is 5.56 Å². The highest BCUT2D eigenvalue weighted by Gasteiger charge is 2.09. The molecule has 0 saturated heterocycles. The zero-order valence-electron chi connectivity index (χ0n) is 11.0. The zero-order valence-corrected chi connectivity index (χ0v) is 11.8. The van der Waals surface area contributed by atoms with Crippen LogP contribution in [0.2, 0.25) is 5.02 Å². The van der Waals surface area contributed by atoms with Crippen LogP contribution >= 0.6 is 11.6 Å². The number of carbonyl (C=O) groups is 1. The Labute approximate surface area is 125 Å². The maximum atomic E-state index is 11.0. The summed E-state index contributed by atoms with van der Waals surface area (Å²) in [5.74, 6) is -0.956. The van der Waals surface area contributed by atoms with Gasteiger partial charge in [-0.15, -0.1) is 5.10 Å². The molecule has 6 heteroatoms. The fraction of sp³-hybridized carbons (Fsp3) is 0.133. The smallest absolute Gasteiger partial charge is 0.335 e. The van der Waals surface area contributed by atoms with Crippen molar-refractivity contribution >= 4 is 28.6 Å². The molecule has 0 unspecified atom stereocenters. The van der Waals surface area contributed by atoms with E-state index in [1.165, 1.54) is 6.07 Å². The summed E-state index contributed by atoms with van der Waals surface area (Å²) in [6, 6.07) is 12.4. The molecule has 0 atom stereocenters. The number of aromatic nitrogens is 3. The quantitative estimate of drug-likeness (QED) is 0.804. The largest absolute Gasteiger partial charge is 0.478 e. The Morgan fingerprint density at radius 2 is 1.95 bits per heavy atom. The maximum Gasteiger partial charge on any atom is 0.335 e. The highest BCUT2D eigenvalue weighted by Crippen LogP contribution is 2.15. The van der Waals surface area contributed by atoms with E-state index in [4.69, 9.17) is 16.7 Å². The number of fused-ring (bicyclic) bond motifs is 1. The van der Waals surface area contributed by atoms with Crippen molar-refractivity contribution in [2.24, 2.45) is 0 Å². The van der Waals surface area contributed by atoms with Gasteiger partial charge in [0, 0.05) is 11.6 Å². The third kappa shape index (κ3) is 2.87. The molecule has 0 aliphatic rings. The third-order valence-corrected chi connectivity index (χ3v) is 3.54. The average molecular weight is 302 g/mol. The molecule has 106 valence electrons. The van der Waals surface area contributed by atoms with E-state index >= 15 is 0 Å². The van der Waals surface area contributed by atoms with Gasteiger partial charge in [-0.25, -0.2) is 9.48 Å². The predicted octanol–water partition coefficient (Wildman–Crippen LogP) is 3.03. The van der Waals surface area contributed by atoms with Gasteiger partial charge < -0.3 is 5.11 Å². The van der Waals surface area contributed by atoms with E-state index in [1.807, 2.05) is 24.3 Å². The highest BCUT2D eigenvalue weighted by atomic mass is 35.5. The van der Waals surface area contributed by atoms with Crippen LogP contribution in [0.3, 0.4) is 0 Å². The second kappa shape index (κ2) is 5.54. The first kappa shape index (κ1) is 13.6. The van der Waals surface area contributed by atoms with Crippen LogP contribution in [0.1, 0.15) is 15.9 Å². The molecule has 21 heavy (non-hydrogen) atoms. The van der Waals surface area contributed by atoms with E-state index in [2.05, 4.69) is 10.3 Å². The van der Waals surface area contributed by atoms with Crippen LogP contribution in [0.15, 0.2) is 42.5 Å². The molecule has 1 aromatic heterocycles. The number of benzene rings is 2. The average Bonchev–Trinajstić information content (AvgIpc) is 2.89. The summed E-state index contributed by atoms with van der Waals surface area (Å²) in [5, 5.41) is 17.9. The van der Waals surface area contributed by atoms with Crippen molar-refractivity contribution in [3.05, 3.63) is 58.6 Å². The van der Waals surface area contributed by atoms with Crippen molar-refractivity contribution in [1.29, 1.82) is 0 Å². The van der Waals surface area contributed by atoms with Crippen molar-refractivity contribution in [3.63, 3.8) is 0 Å². The number of halogens is 1. The molecular weight excluding hydrogens is 290 g/mol. The number of hydrogen-bond donors (Lipinski definition) is 1. The van der Waals surface area contributed by atoms with E-state index in [9.17, 15) is 4.79 Å². The lowest BCUT2D eigenvalue weighted by Gasteiger charge is -2.03. The third-order valence-electron chi connectivity index (χ3n) is 3.29. The number of rotatable bonds is 4. The molecule has 0 spiro atoms. The van der Waals surface area contributed by atoms with Crippen LogP contribution in [-0.4, -0.2) is 26.1 Å². The van der Waals surface area contributed by atoms with Gasteiger partial charge in [-0.05, 0) is 42.3 Å². The van der Waals surface area contributed by atoms with Crippen molar-refractivity contribution in [2.75, 3.05) is 0 Å². The lowest BCUT2D eigenvalue weighted by atomic mass is 10.1. The summed E-state index contributed by atoms with van der Waals surface area (Å²) < 4.78 is 1.72. The van der Waals surface area contributed by atoms with E-state index in [1.54, 1.807) is 16.8 Å². The van der Waals surface area contributed by atoms with E-state index in [0.717, 1.165) is 17.5 Å². The summed E-state index contributed by atoms with van der Waals surface area (Å²) in [6.07, 6.45) is 0.771. The summed E-state index contributed by atoms with van der Waals surface area (Å²) in [5.41, 5.74) is 2.79. The Morgan fingerprint density at radius 3 is 2.67 bits per heavy atom. The molecule has 1 N–H and O–H groups in total. The molecule has 5 nitrogen and oxygen atoms in total. The normalized spacial score (nSPS) is 10.9. The first-order chi connectivity index (χ1) is 10.1. The zero-order chi connectivity index (χ0) is 14.8. The Bertz CT molecular complexity index is 796. The van der Waals surface area contributed by atoms with Gasteiger partial charge in [0.2, 0.25) is 0 Å². The minimum absolute atomic E-state index is 0.234. The van der Waals surface area contributed by atoms with Crippen LogP contribution in [0.25, 0.3) is 11.0 Å². The first-order valence-corrected chi connectivity index (χ1v) is 6.82. The molecule has 3 aromatic rings. The van der Waals surface area contributed by atoms with Gasteiger partial charge in [-0.2, -0.15) is 0 Å². The van der Waals surface area contributed by atoms with Crippen LogP contribution in [-0.2, 0) is 13.0 Å². The maximum absolute atomic E-state index is 11.0. The number of carboxylic acids is 1. The van der Waals surface area contributed by atoms with Crippen LogP contribution in [0.5, 0.6) is 0 Å². The molecule has 3 rings (SSSR count). The summed E-state index contributed by atoms with van der Waals surface area (Å²) >= 11 is 5.85. The van der Waals surface area contributed by atoms with Crippen molar-refractivity contribution in [3.8, 4) is 0 Å². The number of carboxylic acid groups (broad SMARTS) is 1. The fourth-order valence-corrected chi connectivity index (χ4v) is 2.28. The van der Waals surface area contributed by atoms with Gasteiger partial charge in [0.05, 0.1) is 11.1 Å². The second-order valence-electron chi connectivity index (χ2n) is 4.70. The predicted molar refractivity (Wildman–Crippen MR) is 79.6 cm³/mol. The van der Waals surface area contributed by atoms with Gasteiger partial charge in [0.15, 0.2) is 0 Å². The molecule has 0 radical (unpaired) electrons. The molecule has 2 aromatic carbocycles. The Balaban J connectivity index is 1.84. The highest BCUT2D eigenvalue weighted by molar-refractivity contribution is 6.30. The van der Waals surface area contributed by atoms with Gasteiger partial charge in [-0.3, -0.25) is 0 Å². The van der Waals surface area contributed by atoms with Crippen molar-refractivity contribution in [1.82, 2.24) is 15.0 Å². The standard InChI is InChI=1S/C15H12ClN3O2/c16-12-4-1-10(2-5-12)7-8-19-14-9-11(15(20)21)3-6-13(14)17-18-19/h1-6,9H,7-8H2,(H,20,21). The summed E-state index contributed by atoms with van der Waals surface area (Å²) in [7, 11) is 0. The monoisotopic (exact) mass is 301 g/mol. The lowest BCUT2D eigenvalue weighted by molar-refractivity contribution is 0.0697. The van der Waals surface area contributed by atoms with Crippen molar-refractivity contribution < 1.29 is 9.90 Å². The topological polar surface area (TPSA) is 68.0 Å². The Kier molecular flexibility index (Phi) is 3.58. The van der Waals surface area contributed by atoms with Gasteiger partial charge in [-0.1, -0.05) is 28.9 Å². The number of aromatic carboxylic acids is 1. The molecule has 0 saturated carbocycles. The molecule has 0 bridgehead atoms. The Hall–Kier alpha value is -2.40. The molecular formula is C15H12ClN3O2. The minimum Gasteiger partial charge on any atom is -0.478 e. The van der Waals surface area contributed by atoms with E-state index < -0.39 is 5.97 Å². The minimum atomic E-state index is -0.956. The molecule has 0 aliphatic carbocycles. The fourth-order valence-electron chi connectivity index (χ4n) is 2.15. The van der Waals surface area contributed by atoms with Crippen LogP contribution in [0.4, 0.5) is 0 Å². The Morgan fingerprint density at radius 1 is 1.19 bits per heavy atom. The van der Waals surface area contributed by atoms with Gasteiger partial charge in [0.25, 0.3) is 0 Å². The lowest BCUT2D eigenvalue weighted by Crippen LogP contribution is -2.04. The van der Waals surface area contributed by atoms with E-state index in [0.29, 0.717) is 17.1 Å². The summed E-state index contributed by atoms with van der Waals surface area (Å²) in [4.78, 5) is 11.0. The molecule has 0 fully saturated rings. The molecule has 0 aliphatic heterocycles. The number of nitrogens with zero attached hydrogens (tertiary/aromatic N) is 3. The SMILES string of the molecule is O=C(O)c1ccc2nnn(CCc3ccc(Cl)cc3)c2c1. The number of aryl methyl sites for hydroxylation is 2. The number of hydrogen-bond acceptors (Lipinski definition) is 3. The summed E-state index contributed by atoms with van der Waals surface area (Å²) in [6.45, 7) is 0.626. The van der Waals surface area contributed by atoms with Crippen LogP contribution in [0, 0.1) is 0 Å².